The van der Waals surface area contributed by atoms with Gasteiger partial charge in [-0.1, -0.05) is 13.8 Å². The molecule has 0 unspecified atom stereocenters. The second-order valence-corrected chi connectivity index (χ2v) is 3.84. The highest BCUT2D eigenvalue weighted by Crippen LogP contribution is 2.32. The monoisotopic (exact) mass is 185 g/mol. The molecule has 0 atom stereocenters. The first kappa shape index (κ1) is 12.6. The van der Waals surface area contributed by atoms with Crippen LogP contribution in [0.4, 0.5) is 0 Å². The van der Waals surface area contributed by atoms with Crippen molar-refractivity contribution in [1.29, 1.82) is 0 Å². The van der Waals surface area contributed by atoms with Gasteiger partial charge in [-0.15, -0.1) is 0 Å². The lowest BCUT2D eigenvalue weighted by Crippen LogP contribution is -2.15. The Labute approximate surface area is 82.3 Å². The molecule has 0 N–H and O–H groups in total. The molecular formula is C11H23NO. The van der Waals surface area contributed by atoms with Crippen molar-refractivity contribution < 1.29 is 4.79 Å². The second-order valence-electron chi connectivity index (χ2n) is 3.84. The maximum Gasteiger partial charge on any atom is 0.130 e. The molecule has 78 valence electrons. The zero-order valence-corrected chi connectivity index (χ0v) is 9.47. The van der Waals surface area contributed by atoms with Crippen LogP contribution in [0, 0.1) is 5.92 Å². The van der Waals surface area contributed by atoms with Crippen molar-refractivity contribution in [2.75, 3.05) is 20.1 Å². The highest BCUT2D eigenvalue weighted by atomic mass is 16.1. The molecule has 0 aromatic rings. The van der Waals surface area contributed by atoms with E-state index in [-0.39, 0.29) is 0 Å². The number of hydrogen-bond acceptors (Lipinski definition) is 2. The Kier molecular flexibility index (Phi) is 6.87. The van der Waals surface area contributed by atoms with E-state index in [1.165, 1.54) is 12.8 Å². The number of Topliss-reactive ketones (excluding diaryl/α,β-unsaturated/α-hetero) is 1. The zero-order valence-electron chi connectivity index (χ0n) is 9.47. The van der Waals surface area contributed by atoms with E-state index in [0.717, 1.165) is 25.4 Å². The van der Waals surface area contributed by atoms with Crippen molar-refractivity contribution in [2.24, 2.45) is 5.92 Å². The van der Waals surface area contributed by atoms with Gasteiger partial charge in [0.2, 0.25) is 0 Å². The maximum absolute atomic E-state index is 10.3. The fourth-order valence-corrected chi connectivity index (χ4v) is 0.952. The molecule has 2 heteroatoms. The third kappa shape index (κ3) is 9.54. The second kappa shape index (κ2) is 7.07. The Balaban J connectivity index is 0.000000226. The molecule has 0 saturated heterocycles. The van der Waals surface area contributed by atoms with E-state index in [1.807, 2.05) is 0 Å². The summed E-state index contributed by atoms with van der Waals surface area (Å²) in [5.74, 6) is 1.13. The Bertz CT molecular complexity index is 137. The van der Waals surface area contributed by atoms with Gasteiger partial charge in [0.05, 0.1) is 0 Å². The van der Waals surface area contributed by atoms with Crippen LogP contribution in [0.3, 0.4) is 0 Å². The van der Waals surface area contributed by atoms with Crippen LogP contribution in [0.1, 0.15) is 40.0 Å². The molecule has 0 bridgehead atoms. The molecular weight excluding hydrogens is 162 g/mol. The SMILES string of the molecule is CC(=O)CC1CC1.CCN(C)CC. The summed E-state index contributed by atoms with van der Waals surface area (Å²) < 4.78 is 0. The first-order valence-electron chi connectivity index (χ1n) is 5.28. The van der Waals surface area contributed by atoms with Gasteiger partial charge in [0.1, 0.15) is 5.78 Å². The third-order valence-electron chi connectivity index (χ3n) is 2.35. The first-order valence-corrected chi connectivity index (χ1v) is 5.28. The van der Waals surface area contributed by atoms with Gasteiger partial charge in [-0.05, 0) is 45.8 Å². The Morgan fingerprint density at radius 3 is 1.85 bits per heavy atom. The molecule has 1 fully saturated rings. The standard InChI is InChI=1S/C6H10O.C5H13N/c1-5(7)4-6-2-3-6;1-4-6(3)5-2/h6H,2-4H2,1H3;4-5H2,1-3H3. The minimum absolute atomic E-state index is 0.350. The van der Waals surface area contributed by atoms with Gasteiger partial charge < -0.3 is 9.69 Å². The van der Waals surface area contributed by atoms with Crippen LogP contribution in [0.15, 0.2) is 0 Å². The highest BCUT2D eigenvalue weighted by molar-refractivity contribution is 5.75. The van der Waals surface area contributed by atoms with E-state index >= 15 is 0 Å². The van der Waals surface area contributed by atoms with Crippen LogP contribution in [0.5, 0.6) is 0 Å². The van der Waals surface area contributed by atoms with Gasteiger partial charge >= 0.3 is 0 Å². The van der Waals surface area contributed by atoms with Crippen LogP contribution in [0.25, 0.3) is 0 Å². The smallest absolute Gasteiger partial charge is 0.130 e. The van der Waals surface area contributed by atoms with Gasteiger partial charge in [0, 0.05) is 6.42 Å². The predicted molar refractivity (Wildman–Crippen MR) is 56.9 cm³/mol. The zero-order chi connectivity index (χ0) is 10.3. The first-order chi connectivity index (χ1) is 6.10. The van der Waals surface area contributed by atoms with Gasteiger partial charge in [0.25, 0.3) is 0 Å². The van der Waals surface area contributed by atoms with Crippen molar-refractivity contribution in [1.82, 2.24) is 4.90 Å². The summed E-state index contributed by atoms with van der Waals surface area (Å²) in [6, 6.07) is 0. The molecule has 0 amide bonds. The molecule has 0 heterocycles. The number of rotatable bonds is 4. The van der Waals surface area contributed by atoms with E-state index in [4.69, 9.17) is 0 Å². The van der Waals surface area contributed by atoms with Crippen molar-refractivity contribution in [3.63, 3.8) is 0 Å². The summed E-state index contributed by atoms with van der Waals surface area (Å²) in [7, 11) is 2.11. The molecule has 0 spiro atoms. The fourth-order valence-electron chi connectivity index (χ4n) is 0.952. The van der Waals surface area contributed by atoms with Crippen molar-refractivity contribution >= 4 is 5.78 Å². The minimum atomic E-state index is 0.350. The molecule has 1 aliphatic rings. The molecule has 0 aliphatic heterocycles. The normalized spacial score (nSPS) is 15.2. The fraction of sp³-hybridized carbons (Fsp3) is 0.909. The molecule has 0 aromatic heterocycles. The molecule has 1 aliphatic carbocycles. The number of carbonyl (C=O) groups is 1. The summed E-state index contributed by atoms with van der Waals surface area (Å²) in [5, 5.41) is 0. The van der Waals surface area contributed by atoms with Gasteiger partial charge in [0.15, 0.2) is 0 Å². The molecule has 0 radical (unpaired) electrons. The van der Waals surface area contributed by atoms with E-state index in [9.17, 15) is 4.79 Å². The summed E-state index contributed by atoms with van der Waals surface area (Å²) in [6.45, 7) is 8.30. The van der Waals surface area contributed by atoms with Crippen LogP contribution in [0.2, 0.25) is 0 Å². The van der Waals surface area contributed by atoms with Gasteiger partial charge in [-0.3, -0.25) is 0 Å². The quantitative estimate of drug-likeness (QED) is 0.670. The maximum atomic E-state index is 10.3. The molecule has 13 heavy (non-hydrogen) atoms. The van der Waals surface area contributed by atoms with E-state index in [2.05, 4.69) is 25.8 Å². The van der Waals surface area contributed by atoms with Crippen LogP contribution in [-0.2, 0) is 4.79 Å². The number of nitrogens with zero attached hydrogens (tertiary/aromatic N) is 1. The van der Waals surface area contributed by atoms with E-state index in [1.54, 1.807) is 6.92 Å². The van der Waals surface area contributed by atoms with Crippen molar-refractivity contribution in [2.45, 2.75) is 40.0 Å². The summed E-state index contributed by atoms with van der Waals surface area (Å²) >= 11 is 0. The summed E-state index contributed by atoms with van der Waals surface area (Å²) in [4.78, 5) is 12.5. The molecule has 2 nitrogen and oxygen atoms in total. The lowest BCUT2D eigenvalue weighted by molar-refractivity contribution is -0.117. The third-order valence-corrected chi connectivity index (χ3v) is 2.35. The number of hydrogen-bond donors (Lipinski definition) is 0. The van der Waals surface area contributed by atoms with E-state index < -0.39 is 0 Å². The average molecular weight is 185 g/mol. The Morgan fingerprint density at radius 1 is 1.31 bits per heavy atom. The highest BCUT2D eigenvalue weighted by Gasteiger charge is 2.22. The topological polar surface area (TPSA) is 20.3 Å². The van der Waals surface area contributed by atoms with Crippen LogP contribution < -0.4 is 0 Å². The number of carbonyl (C=O) groups excluding carboxylic acids is 1. The summed E-state index contributed by atoms with van der Waals surface area (Å²) in [5.41, 5.74) is 0. The van der Waals surface area contributed by atoms with Crippen LogP contribution in [-0.4, -0.2) is 30.8 Å². The molecule has 1 saturated carbocycles. The van der Waals surface area contributed by atoms with Crippen molar-refractivity contribution in [3.8, 4) is 0 Å². The lowest BCUT2D eigenvalue weighted by atomic mass is 10.2. The molecule has 0 aromatic carbocycles. The van der Waals surface area contributed by atoms with E-state index in [0.29, 0.717) is 5.78 Å². The lowest BCUT2D eigenvalue weighted by Gasteiger charge is -2.07. The molecule has 1 rings (SSSR count). The van der Waals surface area contributed by atoms with Crippen molar-refractivity contribution in [3.05, 3.63) is 0 Å². The van der Waals surface area contributed by atoms with Gasteiger partial charge in [-0.25, -0.2) is 0 Å². The minimum Gasteiger partial charge on any atom is -0.307 e. The predicted octanol–water partition coefficient (Wildman–Crippen LogP) is 2.33. The average Bonchev–Trinajstić information content (AvgIpc) is 2.87. The Morgan fingerprint density at radius 2 is 1.77 bits per heavy atom. The van der Waals surface area contributed by atoms with Gasteiger partial charge in [-0.2, -0.15) is 0 Å². The summed E-state index contributed by atoms with van der Waals surface area (Å²) in [6.07, 6.45) is 3.42. The number of ketones is 1. The largest absolute Gasteiger partial charge is 0.307 e. The van der Waals surface area contributed by atoms with Crippen LogP contribution >= 0.6 is 0 Å². The Hall–Kier alpha value is -0.370.